The minimum Gasteiger partial charge on any atom is -0.480 e. The maximum Gasteiger partial charge on any atom is 0.329 e. The minimum absolute atomic E-state index is 0.246. The number of amides is 1. The van der Waals surface area contributed by atoms with Crippen molar-refractivity contribution in [2.24, 2.45) is 11.1 Å². The molecule has 2 aliphatic rings. The van der Waals surface area contributed by atoms with E-state index in [1.807, 2.05) is 0 Å². The van der Waals surface area contributed by atoms with Gasteiger partial charge < -0.3 is 20.9 Å². The lowest BCUT2D eigenvalue weighted by Gasteiger charge is -2.40. The number of carboxylic acids is 1. The van der Waals surface area contributed by atoms with Gasteiger partial charge in [-0.2, -0.15) is 0 Å². The predicted octanol–water partition coefficient (Wildman–Crippen LogP) is -0.526. The number of nitrogens with one attached hydrogen (secondary N) is 1. The molecule has 0 aromatic heterocycles. The summed E-state index contributed by atoms with van der Waals surface area (Å²) in [5, 5.41) is 11.8. The number of aliphatic carboxylic acids is 1. The van der Waals surface area contributed by atoms with E-state index in [1.165, 1.54) is 0 Å². The van der Waals surface area contributed by atoms with Crippen LogP contribution in [0, 0.1) is 5.41 Å². The lowest BCUT2D eigenvalue weighted by Crippen LogP contribution is -2.63. The molecule has 1 saturated heterocycles. The van der Waals surface area contributed by atoms with Gasteiger partial charge in [0.1, 0.15) is 5.54 Å². The molecule has 1 aliphatic heterocycles. The molecule has 6 heteroatoms. The summed E-state index contributed by atoms with van der Waals surface area (Å²) in [6.07, 6.45) is 1.80. The Morgan fingerprint density at radius 3 is 2.47 bits per heavy atom. The van der Waals surface area contributed by atoms with Gasteiger partial charge in [0.25, 0.3) is 0 Å². The Morgan fingerprint density at radius 2 is 2.12 bits per heavy atom. The lowest BCUT2D eigenvalue weighted by atomic mass is 9.75. The first kappa shape index (κ1) is 12.3. The van der Waals surface area contributed by atoms with Crippen LogP contribution in [0.4, 0.5) is 0 Å². The number of carboxylic acid groups (broad SMARTS) is 1. The third-order valence-corrected chi connectivity index (χ3v) is 4.01. The molecule has 0 radical (unpaired) electrons. The highest BCUT2D eigenvalue weighted by Crippen LogP contribution is 2.35. The van der Waals surface area contributed by atoms with Crippen LogP contribution in [0.1, 0.15) is 26.2 Å². The second-order valence-electron chi connectivity index (χ2n) is 5.23. The van der Waals surface area contributed by atoms with Crippen molar-refractivity contribution in [2.45, 2.75) is 37.8 Å². The molecule has 0 bridgehead atoms. The van der Waals surface area contributed by atoms with Crippen molar-refractivity contribution in [2.75, 3.05) is 13.2 Å². The van der Waals surface area contributed by atoms with Crippen molar-refractivity contribution in [1.82, 2.24) is 5.32 Å². The topological polar surface area (TPSA) is 102 Å². The molecule has 2 atom stereocenters. The Balaban J connectivity index is 2.08. The smallest absolute Gasteiger partial charge is 0.329 e. The molecule has 2 unspecified atom stereocenters. The van der Waals surface area contributed by atoms with E-state index in [4.69, 9.17) is 15.6 Å². The van der Waals surface area contributed by atoms with Gasteiger partial charge in [0.05, 0.1) is 18.6 Å². The van der Waals surface area contributed by atoms with Crippen LogP contribution >= 0.6 is 0 Å². The SMILES string of the molecule is CC1(C(=O)NC2(C(=O)O)CCC2)COCC1N. The molecule has 1 heterocycles. The van der Waals surface area contributed by atoms with Crippen LogP contribution in [0.25, 0.3) is 0 Å². The van der Waals surface area contributed by atoms with Crippen LogP contribution in [-0.2, 0) is 14.3 Å². The largest absolute Gasteiger partial charge is 0.480 e. The summed E-state index contributed by atoms with van der Waals surface area (Å²) in [5.41, 5.74) is 3.93. The van der Waals surface area contributed by atoms with Gasteiger partial charge in [-0.25, -0.2) is 4.79 Å². The van der Waals surface area contributed by atoms with Gasteiger partial charge in [0.15, 0.2) is 0 Å². The van der Waals surface area contributed by atoms with Crippen molar-refractivity contribution in [3.8, 4) is 0 Å². The highest BCUT2D eigenvalue weighted by atomic mass is 16.5. The molecular weight excluding hydrogens is 224 g/mol. The molecule has 1 amide bonds. The van der Waals surface area contributed by atoms with Crippen LogP contribution in [0.2, 0.25) is 0 Å². The molecular formula is C11H18N2O4. The molecule has 2 fully saturated rings. The fourth-order valence-corrected chi connectivity index (χ4v) is 2.21. The van der Waals surface area contributed by atoms with Crippen molar-refractivity contribution >= 4 is 11.9 Å². The molecule has 1 aliphatic carbocycles. The number of carbonyl (C=O) groups is 2. The van der Waals surface area contributed by atoms with Gasteiger partial charge in [0, 0.05) is 6.04 Å². The van der Waals surface area contributed by atoms with Crippen LogP contribution in [0.5, 0.6) is 0 Å². The van der Waals surface area contributed by atoms with Crippen molar-refractivity contribution in [1.29, 1.82) is 0 Å². The van der Waals surface area contributed by atoms with Crippen molar-refractivity contribution in [3.63, 3.8) is 0 Å². The first-order valence-corrected chi connectivity index (χ1v) is 5.80. The molecule has 2 rings (SSSR count). The monoisotopic (exact) mass is 242 g/mol. The molecule has 0 spiro atoms. The Kier molecular flexibility index (Phi) is 2.87. The molecule has 96 valence electrons. The van der Waals surface area contributed by atoms with Gasteiger partial charge in [-0.1, -0.05) is 0 Å². The van der Waals surface area contributed by atoms with E-state index in [2.05, 4.69) is 5.32 Å². The van der Waals surface area contributed by atoms with Crippen molar-refractivity contribution < 1.29 is 19.4 Å². The zero-order valence-electron chi connectivity index (χ0n) is 9.86. The number of hydrogen-bond acceptors (Lipinski definition) is 4. The van der Waals surface area contributed by atoms with Gasteiger partial charge in [-0.05, 0) is 26.2 Å². The Bertz CT molecular complexity index is 353. The molecule has 1 saturated carbocycles. The van der Waals surface area contributed by atoms with Crippen LogP contribution in [0.15, 0.2) is 0 Å². The summed E-state index contributed by atoms with van der Waals surface area (Å²) in [6, 6.07) is -0.381. The summed E-state index contributed by atoms with van der Waals surface area (Å²) in [6.45, 7) is 2.30. The van der Waals surface area contributed by atoms with Crippen LogP contribution in [-0.4, -0.2) is 41.8 Å². The fraction of sp³-hybridized carbons (Fsp3) is 0.818. The first-order chi connectivity index (χ1) is 7.91. The molecule has 4 N–H and O–H groups in total. The molecule has 17 heavy (non-hydrogen) atoms. The van der Waals surface area contributed by atoms with Gasteiger partial charge in [-0.15, -0.1) is 0 Å². The Labute approximate surface area is 99.5 Å². The third kappa shape index (κ3) is 1.81. The maximum absolute atomic E-state index is 12.2. The van der Waals surface area contributed by atoms with E-state index in [-0.39, 0.29) is 18.6 Å². The van der Waals surface area contributed by atoms with Crippen LogP contribution < -0.4 is 11.1 Å². The highest BCUT2D eigenvalue weighted by molar-refractivity contribution is 5.91. The second-order valence-corrected chi connectivity index (χ2v) is 5.23. The number of nitrogens with two attached hydrogens (primary N) is 1. The normalized spacial score (nSPS) is 35.1. The van der Waals surface area contributed by atoms with E-state index < -0.39 is 16.9 Å². The quantitative estimate of drug-likeness (QED) is 0.617. The number of rotatable bonds is 3. The number of carbonyl (C=O) groups excluding carboxylic acids is 1. The number of hydrogen-bond donors (Lipinski definition) is 3. The van der Waals surface area contributed by atoms with Crippen LogP contribution in [0.3, 0.4) is 0 Å². The fourth-order valence-electron chi connectivity index (χ4n) is 2.21. The Morgan fingerprint density at radius 1 is 1.47 bits per heavy atom. The van der Waals surface area contributed by atoms with Gasteiger partial charge in [-0.3, -0.25) is 4.79 Å². The predicted molar refractivity (Wildman–Crippen MR) is 59.3 cm³/mol. The standard InChI is InChI=1S/C11H18N2O4/c1-10(6-17-5-7(10)12)8(14)13-11(9(15)16)3-2-4-11/h7H,2-6,12H2,1H3,(H,13,14)(H,15,16). The zero-order valence-corrected chi connectivity index (χ0v) is 9.86. The van der Waals surface area contributed by atoms with Crippen molar-refractivity contribution in [3.05, 3.63) is 0 Å². The van der Waals surface area contributed by atoms with E-state index in [0.29, 0.717) is 19.4 Å². The summed E-state index contributed by atoms with van der Waals surface area (Å²) in [4.78, 5) is 23.3. The van der Waals surface area contributed by atoms with E-state index in [0.717, 1.165) is 6.42 Å². The summed E-state index contributed by atoms with van der Waals surface area (Å²) >= 11 is 0. The average Bonchev–Trinajstić information content (AvgIpc) is 2.53. The van der Waals surface area contributed by atoms with Gasteiger partial charge in [0.2, 0.25) is 5.91 Å². The summed E-state index contributed by atoms with van der Waals surface area (Å²) in [7, 11) is 0. The molecule has 6 nitrogen and oxygen atoms in total. The third-order valence-electron chi connectivity index (χ3n) is 4.01. The molecule has 0 aromatic carbocycles. The summed E-state index contributed by atoms with van der Waals surface area (Å²) in [5.74, 6) is -1.28. The number of ether oxygens (including phenoxy) is 1. The summed E-state index contributed by atoms with van der Waals surface area (Å²) < 4.78 is 5.19. The lowest BCUT2D eigenvalue weighted by molar-refractivity contribution is -0.153. The second kappa shape index (κ2) is 3.96. The van der Waals surface area contributed by atoms with E-state index in [1.54, 1.807) is 6.92 Å². The van der Waals surface area contributed by atoms with E-state index in [9.17, 15) is 9.59 Å². The van der Waals surface area contributed by atoms with E-state index >= 15 is 0 Å². The zero-order chi connectivity index (χ0) is 12.7. The molecule has 0 aromatic rings. The first-order valence-electron chi connectivity index (χ1n) is 5.80. The van der Waals surface area contributed by atoms with Gasteiger partial charge >= 0.3 is 5.97 Å². The maximum atomic E-state index is 12.2. The average molecular weight is 242 g/mol. The Hall–Kier alpha value is -1.14. The minimum atomic E-state index is -1.08. The highest BCUT2D eigenvalue weighted by Gasteiger charge is 2.51.